The van der Waals surface area contributed by atoms with Crippen molar-refractivity contribution in [2.45, 2.75) is 12.7 Å². The van der Waals surface area contributed by atoms with Crippen molar-refractivity contribution in [1.82, 2.24) is 0 Å². The molecule has 0 aliphatic heterocycles. The maximum absolute atomic E-state index is 10.0. The molecule has 0 aliphatic rings. The second kappa shape index (κ2) is 9.49. The van der Waals surface area contributed by atoms with Gasteiger partial charge in [0, 0.05) is 12.2 Å². The summed E-state index contributed by atoms with van der Waals surface area (Å²) in [5.74, 6) is 1.49. The average molecular weight is 349 g/mol. The lowest BCUT2D eigenvalue weighted by Crippen LogP contribution is -2.26. The number of anilines is 1. The van der Waals surface area contributed by atoms with E-state index in [-0.39, 0.29) is 6.61 Å². The van der Waals surface area contributed by atoms with Crippen LogP contribution in [0.15, 0.2) is 84.9 Å². The molecule has 0 aliphatic carbocycles. The largest absolute Gasteiger partial charge is 0.491 e. The van der Waals surface area contributed by atoms with Crippen LogP contribution in [0.2, 0.25) is 0 Å². The van der Waals surface area contributed by atoms with E-state index in [1.807, 2.05) is 84.9 Å². The fourth-order valence-electron chi connectivity index (χ4n) is 2.42. The molecule has 0 amide bonds. The third-order valence-electron chi connectivity index (χ3n) is 3.83. The molecular formula is C22H23NO3. The maximum atomic E-state index is 10.0. The highest BCUT2D eigenvalue weighted by atomic mass is 16.5. The normalized spacial score (nSPS) is 11.6. The Hall–Kier alpha value is -2.98. The zero-order chi connectivity index (χ0) is 18.0. The smallest absolute Gasteiger partial charge is 0.120 e. The third-order valence-corrected chi connectivity index (χ3v) is 3.83. The second-order valence-corrected chi connectivity index (χ2v) is 5.96. The van der Waals surface area contributed by atoms with Gasteiger partial charge in [-0.25, -0.2) is 0 Å². The first-order chi connectivity index (χ1) is 12.8. The van der Waals surface area contributed by atoms with Crippen molar-refractivity contribution >= 4 is 5.69 Å². The number of para-hydroxylation sites is 1. The molecular weight excluding hydrogens is 326 g/mol. The Morgan fingerprint density at radius 1 is 0.731 bits per heavy atom. The summed E-state index contributed by atoms with van der Waals surface area (Å²) in [5.41, 5.74) is 2.10. The molecule has 3 aromatic rings. The summed E-state index contributed by atoms with van der Waals surface area (Å²) >= 11 is 0. The van der Waals surface area contributed by atoms with Crippen molar-refractivity contribution in [2.24, 2.45) is 0 Å². The van der Waals surface area contributed by atoms with E-state index >= 15 is 0 Å². The molecule has 0 saturated carbocycles. The van der Waals surface area contributed by atoms with Crippen molar-refractivity contribution in [1.29, 1.82) is 0 Å². The zero-order valence-corrected chi connectivity index (χ0v) is 14.5. The molecule has 3 aromatic carbocycles. The average Bonchev–Trinajstić information content (AvgIpc) is 2.71. The molecule has 0 unspecified atom stereocenters. The molecule has 2 N–H and O–H groups in total. The van der Waals surface area contributed by atoms with Crippen LogP contribution in [-0.4, -0.2) is 24.4 Å². The number of aliphatic hydroxyl groups excluding tert-OH is 1. The van der Waals surface area contributed by atoms with Gasteiger partial charge in [0.25, 0.3) is 0 Å². The molecule has 0 spiro atoms. The molecule has 4 nitrogen and oxygen atoms in total. The minimum atomic E-state index is -0.593. The monoisotopic (exact) mass is 349 g/mol. The Morgan fingerprint density at radius 3 is 1.96 bits per heavy atom. The van der Waals surface area contributed by atoms with Crippen molar-refractivity contribution in [2.75, 3.05) is 18.5 Å². The topological polar surface area (TPSA) is 50.7 Å². The first-order valence-corrected chi connectivity index (χ1v) is 8.66. The molecule has 0 fully saturated rings. The van der Waals surface area contributed by atoms with Gasteiger partial charge in [-0.3, -0.25) is 0 Å². The second-order valence-electron chi connectivity index (χ2n) is 5.96. The minimum Gasteiger partial charge on any atom is -0.491 e. The first-order valence-electron chi connectivity index (χ1n) is 8.66. The molecule has 134 valence electrons. The van der Waals surface area contributed by atoms with E-state index in [2.05, 4.69) is 5.32 Å². The van der Waals surface area contributed by atoms with Crippen molar-refractivity contribution in [3.05, 3.63) is 90.5 Å². The van der Waals surface area contributed by atoms with Crippen molar-refractivity contribution < 1.29 is 14.6 Å². The van der Waals surface area contributed by atoms with Gasteiger partial charge in [0.05, 0.1) is 0 Å². The summed E-state index contributed by atoms with van der Waals surface area (Å²) in [4.78, 5) is 0. The lowest BCUT2D eigenvalue weighted by molar-refractivity contribution is 0.117. The number of rotatable bonds is 9. The summed E-state index contributed by atoms with van der Waals surface area (Å²) in [6.45, 7) is 1.19. The fourth-order valence-corrected chi connectivity index (χ4v) is 2.42. The molecule has 0 aromatic heterocycles. The van der Waals surface area contributed by atoms with Gasteiger partial charge >= 0.3 is 0 Å². The third kappa shape index (κ3) is 5.83. The molecule has 0 heterocycles. The first kappa shape index (κ1) is 17.8. The number of hydrogen-bond donors (Lipinski definition) is 2. The van der Waals surface area contributed by atoms with E-state index in [0.29, 0.717) is 18.9 Å². The van der Waals surface area contributed by atoms with E-state index in [1.54, 1.807) is 0 Å². The number of ether oxygens (including phenoxy) is 2. The van der Waals surface area contributed by atoms with E-state index in [0.717, 1.165) is 17.0 Å². The van der Waals surface area contributed by atoms with Crippen molar-refractivity contribution in [3.63, 3.8) is 0 Å². The Balaban J connectivity index is 1.39. The molecule has 1 atom stereocenters. The van der Waals surface area contributed by atoms with Crippen LogP contribution in [-0.2, 0) is 6.61 Å². The Labute approximate surface area is 154 Å². The lowest BCUT2D eigenvalue weighted by atomic mass is 10.2. The van der Waals surface area contributed by atoms with Crippen LogP contribution in [0.1, 0.15) is 5.56 Å². The quantitative estimate of drug-likeness (QED) is 0.610. The van der Waals surface area contributed by atoms with E-state index in [1.165, 1.54) is 0 Å². The number of nitrogens with one attached hydrogen (secondary N) is 1. The molecule has 26 heavy (non-hydrogen) atoms. The van der Waals surface area contributed by atoms with Crippen LogP contribution in [0.25, 0.3) is 0 Å². The summed E-state index contributed by atoms with van der Waals surface area (Å²) < 4.78 is 11.4. The van der Waals surface area contributed by atoms with Gasteiger partial charge in [0.1, 0.15) is 30.8 Å². The van der Waals surface area contributed by atoms with Crippen LogP contribution in [0, 0.1) is 0 Å². The highest BCUT2D eigenvalue weighted by Gasteiger charge is 2.05. The van der Waals surface area contributed by atoms with Gasteiger partial charge < -0.3 is 19.9 Å². The Bertz CT molecular complexity index is 760. The molecule has 3 rings (SSSR count). The van der Waals surface area contributed by atoms with Gasteiger partial charge in [-0.05, 0) is 42.0 Å². The summed E-state index contributed by atoms with van der Waals surface area (Å²) in [6.07, 6.45) is -0.593. The molecule has 4 heteroatoms. The summed E-state index contributed by atoms with van der Waals surface area (Å²) in [7, 11) is 0. The van der Waals surface area contributed by atoms with E-state index in [4.69, 9.17) is 9.47 Å². The standard InChI is InChI=1S/C22H23NO3/c24-20(15-23-19-9-5-2-6-10-19)17-26-22-13-11-21(12-14-22)25-16-18-7-3-1-4-8-18/h1-14,20,23-24H,15-17H2/t20-/m0/s1. The van der Waals surface area contributed by atoms with Gasteiger partial charge in [-0.15, -0.1) is 0 Å². The Kier molecular flexibility index (Phi) is 6.51. The van der Waals surface area contributed by atoms with Crippen molar-refractivity contribution in [3.8, 4) is 11.5 Å². The molecule has 0 bridgehead atoms. The van der Waals surface area contributed by atoms with Gasteiger partial charge in [0.2, 0.25) is 0 Å². The fraction of sp³-hybridized carbons (Fsp3) is 0.182. The highest BCUT2D eigenvalue weighted by Crippen LogP contribution is 2.19. The van der Waals surface area contributed by atoms with Crippen LogP contribution in [0.4, 0.5) is 5.69 Å². The van der Waals surface area contributed by atoms with Crippen LogP contribution in [0.3, 0.4) is 0 Å². The lowest BCUT2D eigenvalue weighted by Gasteiger charge is -2.14. The number of benzene rings is 3. The van der Waals surface area contributed by atoms with Crippen LogP contribution in [0.5, 0.6) is 11.5 Å². The molecule has 0 radical (unpaired) electrons. The number of hydrogen-bond acceptors (Lipinski definition) is 4. The summed E-state index contributed by atoms with van der Waals surface area (Å²) in [6, 6.07) is 27.2. The maximum Gasteiger partial charge on any atom is 0.120 e. The van der Waals surface area contributed by atoms with Crippen LogP contribution < -0.4 is 14.8 Å². The summed E-state index contributed by atoms with van der Waals surface area (Å²) in [5, 5.41) is 13.2. The van der Waals surface area contributed by atoms with Crippen LogP contribution >= 0.6 is 0 Å². The van der Waals surface area contributed by atoms with Gasteiger partial charge in [-0.1, -0.05) is 48.5 Å². The van der Waals surface area contributed by atoms with E-state index < -0.39 is 6.10 Å². The number of aliphatic hydroxyl groups is 1. The van der Waals surface area contributed by atoms with Gasteiger partial charge in [-0.2, -0.15) is 0 Å². The Morgan fingerprint density at radius 2 is 1.31 bits per heavy atom. The predicted molar refractivity (Wildman–Crippen MR) is 104 cm³/mol. The van der Waals surface area contributed by atoms with E-state index in [9.17, 15) is 5.11 Å². The highest BCUT2D eigenvalue weighted by molar-refractivity contribution is 5.42. The minimum absolute atomic E-state index is 0.226. The predicted octanol–water partition coefficient (Wildman–Crippen LogP) is 4.12. The van der Waals surface area contributed by atoms with Gasteiger partial charge in [0.15, 0.2) is 0 Å². The zero-order valence-electron chi connectivity index (χ0n) is 14.5. The molecule has 0 saturated heterocycles. The SMILES string of the molecule is O[C@@H](CNc1ccccc1)COc1ccc(OCc2ccccc2)cc1.